The van der Waals surface area contributed by atoms with Crippen LogP contribution in [0.25, 0.3) is 0 Å². The van der Waals surface area contributed by atoms with E-state index in [0.29, 0.717) is 24.1 Å². The van der Waals surface area contributed by atoms with E-state index < -0.39 is 5.97 Å². The van der Waals surface area contributed by atoms with E-state index in [1.54, 1.807) is 0 Å². The number of methoxy groups -OCH3 is 1. The Morgan fingerprint density at radius 3 is 2.88 bits per heavy atom. The third-order valence-electron chi connectivity index (χ3n) is 2.52. The lowest BCUT2D eigenvalue weighted by molar-refractivity contribution is -0.116. The molecule has 0 unspecified atom stereocenters. The topological polar surface area (TPSA) is 75.6 Å². The highest BCUT2D eigenvalue weighted by Gasteiger charge is 2.20. The molecule has 0 spiro atoms. The van der Waals surface area contributed by atoms with Gasteiger partial charge in [0.1, 0.15) is 5.75 Å². The van der Waals surface area contributed by atoms with Crippen LogP contribution in [0.5, 0.6) is 5.75 Å². The normalized spacial score (nSPS) is 13.9. The third kappa shape index (κ3) is 1.71. The Balaban J connectivity index is 2.47. The van der Waals surface area contributed by atoms with Gasteiger partial charge in [-0.3, -0.25) is 4.79 Å². The molecule has 1 aromatic carbocycles. The Morgan fingerprint density at radius 2 is 2.19 bits per heavy atom. The number of benzene rings is 1. The van der Waals surface area contributed by atoms with E-state index in [4.69, 9.17) is 0 Å². The second kappa shape index (κ2) is 3.84. The molecule has 1 aliphatic rings. The van der Waals surface area contributed by atoms with E-state index in [-0.39, 0.29) is 17.2 Å². The van der Waals surface area contributed by atoms with E-state index >= 15 is 0 Å². The zero-order valence-corrected chi connectivity index (χ0v) is 8.74. The number of phenolic OH excluding ortho intramolecular Hbond substituents is 1. The van der Waals surface area contributed by atoms with Gasteiger partial charge < -0.3 is 15.2 Å². The number of rotatable bonds is 1. The maximum Gasteiger partial charge on any atom is 0.338 e. The van der Waals surface area contributed by atoms with E-state index in [1.807, 2.05) is 0 Å². The SMILES string of the molecule is COC(=O)c1cc(O)c2c(c1)NC(=O)CC2. The molecule has 2 N–H and O–H groups in total. The molecule has 1 aromatic rings. The average molecular weight is 221 g/mol. The van der Waals surface area contributed by atoms with Crippen LogP contribution in [0.3, 0.4) is 0 Å². The summed E-state index contributed by atoms with van der Waals surface area (Å²) in [6, 6.07) is 2.86. The summed E-state index contributed by atoms with van der Waals surface area (Å²) in [4.78, 5) is 22.5. The molecule has 0 saturated carbocycles. The van der Waals surface area contributed by atoms with Crippen molar-refractivity contribution in [1.29, 1.82) is 0 Å². The van der Waals surface area contributed by atoms with E-state index in [9.17, 15) is 14.7 Å². The maximum atomic E-state index is 11.3. The Bertz CT molecular complexity index is 467. The predicted octanol–water partition coefficient (Wildman–Crippen LogP) is 1.06. The number of amides is 1. The van der Waals surface area contributed by atoms with Crippen LogP contribution in [0.15, 0.2) is 12.1 Å². The first kappa shape index (κ1) is 10.5. The van der Waals surface area contributed by atoms with E-state index in [1.165, 1.54) is 19.2 Å². The summed E-state index contributed by atoms with van der Waals surface area (Å²) in [5.74, 6) is -0.648. The highest BCUT2D eigenvalue weighted by atomic mass is 16.5. The van der Waals surface area contributed by atoms with Gasteiger partial charge in [-0.05, 0) is 18.6 Å². The smallest absolute Gasteiger partial charge is 0.338 e. The minimum Gasteiger partial charge on any atom is -0.508 e. The van der Waals surface area contributed by atoms with Crippen molar-refractivity contribution in [2.24, 2.45) is 0 Å². The molecule has 0 aliphatic carbocycles. The second-order valence-electron chi connectivity index (χ2n) is 3.56. The van der Waals surface area contributed by atoms with Crippen LogP contribution < -0.4 is 5.32 Å². The van der Waals surface area contributed by atoms with Crippen molar-refractivity contribution in [3.05, 3.63) is 23.3 Å². The van der Waals surface area contributed by atoms with Gasteiger partial charge in [-0.2, -0.15) is 0 Å². The largest absolute Gasteiger partial charge is 0.508 e. The average Bonchev–Trinajstić information content (AvgIpc) is 2.27. The van der Waals surface area contributed by atoms with E-state index in [0.717, 1.165) is 0 Å². The van der Waals surface area contributed by atoms with Gasteiger partial charge >= 0.3 is 5.97 Å². The van der Waals surface area contributed by atoms with Gasteiger partial charge in [0.15, 0.2) is 0 Å². The first-order valence-electron chi connectivity index (χ1n) is 4.86. The highest BCUT2D eigenvalue weighted by molar-refractivity contribution is 5.98. The van der Waals surface area contributed by atoms with Crippen molar-refractivity contribution in [2.45, 2.75) is 12.8 Å². The molecule has 1 heterocycles. The second-order valence-corrected chi connectivity index (χ2v) is 3.56. The van der Waals surface area contributed by atoms with Gasteiger partial charge in [-0.25, -0.2) is 4.79 Å². The number of anilines is 1. The molecule has 1 amide bonds. The quantitative estimate of drug-likeness (QED) is 0.695. The first-order chi connectivity index (χ1) is 7.61. The number of carbonyl (C=O) groups excluding carboxylic acids is 2. The van der Waals surface area contributed by atoms with Gasteiger partial charge in [0.25, 0.3) is 0 Å². The summed E-state index contributed by atoms with van der Waals surface area (Å²) in [7, 11) is 1.26. The number of fused-ring (bicyclic) bond motifs is 1. The number of hydrogen-bond donors (Lipinski definition) is 2. The molecule has 0 atom stereocenters. The fourth-order valence-electron chi connectivity index (χ4n) is 1.72. The summed E-state index contributed by atoms with van der Waals surface area (Å²) in [5.41, 5.74) is 1.37. The van der Waals surface area contributed by atoms with Gasteiger partial charge in [0, 0.05) is 17.7 Å². The fourth-order valence-corrected chi connectivity index (χ4v) is 1.72. The molecule has 0 fully saturated rings. The van der Waals surface area contributed by atoms with Gasteiger partial charge in [0.2, 0.25) is 5.91 Å². The monoisotopic (exact) mass is 221 g/mol. The molecular weight excluding hydrogens is 210 g/mol. The lowest BCUT2D eigenvalue weighted by atomic mass is 9.99. The van der Waals surface area contributed by atoms with Crippen LogP contribution in [0.4, 0.5) is 5.69 Å². The zero-order chi connectivity index (χ0) is 11.7. The van der Waals surface area contributed by atoms with Crippen molar-refractivity contribution in [1.82, 2.24) is 0 Å². The lowest BCUT2D eigenvalue weighted by Crippen LogP contribution is -2.19. The van der Waals surface area contributed by atoms with Gasteiger partial charge in [0.05, 0.1) is 12.7 Å². The summed E-state index contributed by atoms with van der Waals surface area (Å²) >= 11 is 0. The van der Waals surface area contributed by atoms with Crippen LogP contribution in [0, 0.1) is 0 Å². The Morgan fingerprint density at radius 1 is 1.44 bits per heavy atom. The summed E-state index contributed by atoms with van der Waals surface area (Å²) in [6.07, 6.45) is 0.826. The number of ether oxygens (including phenoxy) is 1. The summed E-state index contributed by atoms with van der Waals surface area (Å²) in [6.45, 7) is 0. The van der Waals surface area contributed by atoms with Crippen LogP contribution >= 0.6 is 0 Å². The Hall–Kier alpha value is -2.04. The number of aromatic hydroxyl groups is 1. The van der Waals surface area contributed by atoms with Crippen LogP contribution in [0.2, 0.25) is 0 Å². The van der Waals surface area contributed by atoms with Crippen molar-refractivity contribution in [3.63, 3.8) is 0 Å². The van der Waals surface area contributed by atoms with Crippen molar-refractivity contribution in [2.75, 3.05) is 12.4 Å². The summed E-state index contributed by atoms with van der Waals surface area (Å²) < 4.78 is 4.55. The van der Waals surface area contributed by atoms with Crippen LogP contribution in [-0.4, -0.2) is 24.1 Å². The standard InChI is InChI=1S/C11H11NO4/c1-16-11(15)6-4-8-7(9(13)5-6)2-3-10(14)12-8/h4-5,13H,2-3H2,1H3,(H,12,14). The fraction of sp³-hybridized carbons (Fsp3) is 0.273. The lowest BCUT2D eigenvalue weighted by Gasteiger charge is -2.18. The van der Waals surface area contributed by atoms with Gasteiger partial charge in [-0.1, -0.05) is 0 Å². The number of phenols is 1. The van der Waals surface area contributed by atoms with Crippen LogP contribution in [0.1, 0.15) is 22.3 Å². The maximum absolute atomic E-state index is 11.3. The van der Waals surface area contributed by atoms with Gasteiger partial charge in [-0.15, -0.1) is 0 Å². The molecule has 16 heavy (non-hydrogen) atoms. The molecule has 0 aromatic heterocycles. The highest BCUT2D eigenvalue weighted by Crippen LogP contribution is 2.32. The minimum atomic E-state index is -0.544. The van der Waals surface area contributed by atoms with Crippen LogP contribution in [-0.2, 0) is 16.0 Å². The molecule has 84 valence electrons. The summed E-state index contributed by atoms with van der Waals surface area (Å²) in [5, 5.41) is 12.3. The predicted molar refractivity (Wildman–Crippen MR) is 56.4 cm³/mol. The number of carbonyl (C=O) groups is 2. The van der Waals surface area contributed by atoms with E-state index in [2.05, 4.69) is 10.1 Å². The van der Waals surface area contributed by atoms with Crippen molar-refractivity contribution in [3.8, 4) is 5.75 Å². The molecule has 1 aliphatic heterocycles. The number of nitrogens with one attached hydrogen (secondary N) is 1. The Kier molecular flexibility index (Phi) is 2.52. The molecule has 5 nitrogen and oxygen atoms in total. The molecular formula is C11H11NO4. The zero-order valence-electron chi connectivity index (χ0n) is 8.74. The molecule has 0 saturated heterocycles. The van der Waals surface area contributed by atoms with Crippen molar-refractivity contribution < 1.29 is 19.4 Å². The Labute approximate surface area is 92.0 Å². The third-order valence-corrected chi connectivity index (χ3v) is 2.52. The van der Waals surface area contributed by atoms with Crippen molar-refractivity contribution >= 4 is 17.6 Å². The number of hydrogen-bond acceptors (Lipinski definition) is 4. The molecule has 2 rings (SSSR count). The molecule has 0 radical (unpaired) electrons. The first-order valence-corrected chi connectivity index (χ1v) is 4.86. The molecule has 0 bridgehead atoms. The number of esters is 1. The molecule has 5 heteroatoms. The minimum absolute atomic E-state index is 0.0119.